The Morgan fingerprint density at radius 2 is 1.95 bits per heavy atom. The van der Waals surface area contributed by atoms with Crippen molar-refractivity contribution in [2.24, 2.45) is 5.92 Å². The van der Waals surface area contributed by atoms with Crippen LogP contribution in [0.3, 0.4) is 0 Å². The Kier molecular flexibility index (Phi) is 10.8. The van der Waals surface area contributed by atoms with Gasteiger partial charge in [-0.2, -0.15) is 0 Å². The van der Waals surface area contributed by atoms with Crippen LogP contribution in [0, 0.1) is 5.92 Å². The van der Waals surface area contributed by atoms with E-state index in [0.29, 0.717) is 38.6 Å². The number of aliphatic hydroxyl groups excluding tert-OH is 1. The zero-order valence-electron chi connectivity index (χ0n) is 12.7. The van der Waals surface area contributed by atoms with Crippen LogP contribution in [0.5, 0.6) is 0 Å². The summed E-state index contributed by atoms with van der Waals surface area (Å²) in [5.41, 5.74) is 0. The van der Waals surface area contributed by atoms with Crippen LogP contribution in [0.15, 0.2) is 0 Å². The van der Waals surface area contributed by atoms with Crippen molar-refractivity contribution in [3.63, 3.8) is 0 Å². The van der Waals surface area contributed by atoms with Crippen LogP contribution in [0.2, 0.25) is 0 Å². The minimum Gasteiger partial charge on any atom is -0.389 e. The summed E-state index contributed by atoms with van der Waals surface area (Å²) in [4.78, 5) is 11.5. The molecule has 0 saturated heterocycles. The van der Waals surface area contributed by atoms with Crippen molar-refractivity contribution >= 4 is 5.91 Å². The van der Waals surface area contributed by atoms with Crippen LogP contribution in [-0.2, 0) is 9.53 Å². The number of nitrogens with one attached hydrogen (secondary N) is 2. The minimum absolute atomic E-state index is 0.0485. The fraction of sp³-hybridized carbons (Fsp3) is 0.929. The number of ether oxygens (including phenoxy) is 1. The van der Waals surface area contributed by atoms with Crippen LogP contribution in [0.1, 0.15) is 40.5 Å². The highest BCUT2D eigenvalue weighted by atomic mass is 16.5. The fourth-order valence-electron chi connectivity index (χ4n) is 1.42. The maximum Gasteiger partial charge on any atom is 0.221 e. The summed E-state index contributed by atoms with van der Waals surface area (Å²) in [6.07, 6.45) is 0.853. The van der Waals surface area contributed by atoms with Gasteiger partial charge in [-0.3, -0.25) is 4.79 Å². The van der Waals surface area contributed by atoms with Gasteiger partial charge in [0.15, 0.2) is 0 Å². The zero-order valence-corrected chi connectivity index (χ0v) is 12.7. The van der Waals surface area contributed by atoms with Crippen LogP contribution < -0.4 is 10.6 Å². The van der Waals surface area contributed by atoms with Gasteiger partial charge in [0.05, 0.1) is 12.7 Å². The average Bonchev–Trinajstić information content (AvgIpc) is 2.34. The summed E-state index contributed by atoms with van der Waals surface area (Å²) in [6.45, 7) is 10.2. The molecule has 0 fully saturated rings. The van der Waals surface area contributed by atoms with Crippen LogP contribution in [0.25, 0.3) is 0 Å². The molecular weight excluding hydrogens is 244 g/mol. The Bertz CT molecular complexity index is 235. The molecule has 0 heterocycles. The molecule has 1 amide bonds. The molecule has 5 heteroatoms. The number of hydrogen-bond acceptors (Lipinski definition) is 4. The molecule has 19 heavy (non-hydrogen) atoms. The topological polar surface area (TPSA) is 70.6 Å². The second-order valence-corrected chi connectivity index (χ2v) is 5.42. The summed E-state index contributed by atoms with van der Waals surface area (Å²) in [5, 5.41) is 15.6. The Hall–Kier alpha value is -0.650. The summed E-state index contributed by atoms with van der Waals surface area (Å²) in [7, 11) is 0. The Morgan fingerprint density at radius 1 is 1.26 bits per heavy atom. The van der Waals surface area contributed by atoms with Crippen molar-refractivity contribution in [1.29, 1.82) is 0 Å². The third-order valence-corrected chi connectivity index (χ3v) is 2.69. The maximum atomic E-state index is 11.5. The number of amides is 1. The van der Waals surface area contributed by atoms with E-state index in [-0.39, 0.29) is 11.9 Å². The molecule has 5 nitrogen and oxygen atoms in total. The Labute approximate surface area is 117 Å². The molecule has 0 radical (unpaired) electrons. The lowest BCUT2D eigenvalue weighted by atomic mass is 10.2. The van der Waals surface area contributed by atoms with Gasteiger partial charge in [0.25, 0.3) is 0 Å². The SMILES string of the molecule is CCC(C)NC(=O)CCNCC(O)COCC(C)C. The van der Waals surface area contributed by atoms with E-state index < -0.39 is 6.10 Å². The van der Waals surface area contributed by atoms with E-state index in [4.69, 9.17) is 4.74 Å². The van der Waals surface area contributed by atoms with Gasteiger partial charge >= 0.3 is 0 Å². The molecule has 114 valence electrons. The zero-order chi connectivity index (χ0) is 14.7. The highest BCUT2D eigenvalue weighted by Crippen LogP contribution is 1.94. The van der Waals surface area contributed by atoms with E-state index >= 15 is 0 Å². The van der Waals surface area contributed by atoms with Gasteiger partial charge in [0.1, 0.15) is 0 Å². The molecule has 2 atom stereocenters. The number of rotatable bonds is 11. The quantitative estimate of drug-likeness (QED) is 0.490. The maximum absolute atomic E-state index is 11.5. The van der Waals surface area contributed by atoms with Crippen LogP contribution in [0.4, 0.5) is 0 Å². The van der Waals surface area contributed by atoms with E-state index in [1.165, 1.54) is 0 Å². The first kappa shape index (κ1) is 18.4. The van der Waals surface area contributed by atoms with Crippen LogP contribution in [-0.4, -0.2) is 49.5 Å². The molecule has 0 aromatic heterocycles. The predicted molar refractivity (Wildman–Crippen MR) is 77.0 cm³/mol. The smallest absolute Gasteiger partial charge is 0.221 e. The third-order valence-electron chi connectivity index (χ3n) is 2.69. The number of hydrogen-bond donors (Lipinski definition) is 3. The molecule has 3 N–H and O–H groups in total. The van der Waals surface area contributed by atoms with Gasteiger partial charge in [-0.1, -0.05) is 20.8 Å². The van der Waals surface area contributed by atoms with Crippen molar-refractivity contribution in [3.8, 4) is 0 Å². The highest BCUT2D eigenvalue weighted by molar-refractivity contribution is 5.76. The van der Waals surface area contributed by atoms with E-state index in [1.807, 2.05) is 13.8 Å². The molecule has 0 aromatic rings. The summed E-state index contributed by atoms with van der Waals surface area (Å²) < 4.78 is 5.33. The average molecular weight is 274 g/mol. The summed E-state index contributed by atoms with van der Waals surface area (Å²) >= 11 is 0. The van der Waals surface area contributed by atoms with Gasteiger partial charge in [-0.15, -0.1) is 0 Å². The molecule has 0 spiro atoms. The first-order chi connectivity index (χ1) is 8.95. The second kappa shape index (κ2) is 11.2. The molecule has 0 rings (SSSR count). The molecular formula is C14H30N2O3. The molecule has 0 aliphatic carbocycles. The van der Waals surface area contributed by atoms with Gasteiger partial charge in [0.2, 0.25) is 5.91 Å². The standard InChI is InChI=1S/C14H30N2O3/c1-5-12(4)16-14(18)6-7-15-8-13(17)10-19-9-11(2)3/h11-13,15,17H,5-10H2,1-4H3,(H,16,18). The Balaban J connectivity index is 3.44. The predicted octanol–water partition coefficient (Wildman–Crippen LogP) is 0.914. The van der Waals surface area contributed by atoms with E-state index in [0.717, 1.165) is 6.42 Å². The fourth-order valence-corrected chi connectivity index (χ4v) is 1.42. The van der Waals surface area contributed by atoms with Gasteiger partial charge in [-0.05, 0) is 19.3 Å². The van der Waals surface area contributed by atoms with Crippen molar-refractivity contribution < 1.29 is 14.6 Å². The van der Waals surface area contributed by atoms with Gasteiger partial charge in [-0.25, -0.2) is 0 Å². The van der Waals surface area contributed by atoms with E-state index in [1.54, 1.807) is 0 Å². The van der Waals surface area contributed by atoms with E-state index in [9.17, 15) is 9.90 Å². The van der Waals surface area contributed by atoms with E-state index in [2.05, 4.69) is 24.5 Å². The van der Waals surface area contributed by atoms with Crippen LogP contribution >= 0.6 is 0 Å². The molecule has 2 unspecified atom stereocenters. The summed E-state index contributed by atoms with van der Waals surface area (Å²) in [6, 6.07) is 0.225. The number of carbonyl (C=O) groups is 1. The lowest BCUT2D eigenvalue weighted by molar-refractivity contribution is -0.121. The van der Waals surface area contributed by atoms with Crippen molar-refractivity contribution in [1.82, 2.24) is 10.6 Å². The lowest BCUT2D eigenvalue weighted by Gasteiger charge is -2.14. The van der Waals surface area contributed by atoms with Gasteiger partial charge in [0, 0.05) is 32.2 Å². The molecule has 0 bridgehead atoms. The summed E-state index contributed by atoms with van der Waals surface area (Å²) in [5.74, 6) is 0.525. The Morgan fingerprint density at radius 3 is 2.53 bits per heavy atom. The van der Waals surface area contributed by atoms with Crippen molar-refractivity contribution in [3.05, 3.63) is 0 Å². The number of carbonyl (C=O) groups excluding carboxylic acids is 1. The normalized spacial score (nSPS) is 14.4. The van der Waals surface area contributed by atoms with Crippen molar-refractivity contribution in [2.45, 2.75) is 52.7 Å². The lowest BCUT2D eigenvalue weighted by Crippen LogP contribution is -2.36. The van der Waals surface area contributed by atoms with Crippen molar-refractivity contribution in [2.75, 3.05) is 26.3 Å². The first-order valence-electron chi connectivity index (χ1n) is 7.21. The molecule has 0 aromatic carbocycles. The highest BCUT2D eigenvalue weighted by Gasteiger charge is 2.07. The molecule has 0 aliphatic heterocycles. The van der Waals surface area contributed by atoms with Gasteiger partial charge < -0.3 is 20.5 Å². The monoisotopic (exact) mass is 274 g/mol. The third kappa shape index (κ3) is 12.1. The molecule has 0 aliphatic rings. The molecule has 0 saturated carbocycles. The minimum atomic E-state index is -0.517. The number of aliphatic hydroxyl groups is 1. The first-order valence-corrected chi connectivity index (χ1v) is 7.21. The second-order valence-electron chi connectivity index (χ2n) is 5.42. The largest absolute Gasteiger partial charge is 0.389 e.